The standard InChI is InChI=1S/C38H10F8N10S5/c39-25-23(26(40)34(44)49-33(25)43)15(11-47)9-13-1-3-17(31-29(13)53-60-55-31)19-5-7-21(57-19)37-51-52-38(59-37)22-8-6-20(58-22)18-4-2-14(30-32(18)56-61-54-30)10-16(12-48)24-27(41)35(45)50-36(46)28(24)42/h1-10H. The highest BCUT2D eigenvalue weighted by Gasteiger charge is 2.26. The number of halogens is 8. The number of rotatable bonds is 8. The lowest BCUT2D eigenvalue weighted by atomic mass is 10.0. The van der Waals surface area contributed by atoms with Gasteiger partial charge in [-0.1, -0.05) is 35.6 Å². The molecule has 0 aliphatic rings. The molecule has 0 unspecified atom stereocenters. The van der Waals surface area contributed by atoms with Crippen molar-refractivity contribution in [2.75, 3.05) is 0 Å². The summed E-state index contributed by atoms with van der Waals surface area (Å²) < 4.78 is 131. The lowest BCUT2D eigenvalue weighted by molar-refractivity contribution is 0.404. The molecule has 0 aliphatic heterocycles. The van der Waals surface area contributed by atoms with Crippen LogP contribution in [0.25, 0.3) is 86.0 Å². The van der Waals surface area contributed by atoms with E-state index in [0.717, 1.165) is 55.1 Å². The minimum Gasteiger partial charge on any atom is -0.201 e. The number of hydrogen-bond acceptors (Lipinski definition) is 15. The van der Waals surface area contributed by atoms with Crippen molar-refractivity contribution in [1.29, 1.82) is 10.5 Å². The molecule has 61 heavy (non-hydrogen) atoms. The van der Waals surface area contributed by atoms with E-state index in [1.807, 2.05) is 24.3 Å². The summed E-state index contributed by atoms with van der Waals surface area (Å²) in [6, 6.07) is 17.0. The van der Waals surface area contributed by atoms with Crippen LogP contribution in [0.15, 0.2) is 48.5 Å². The van der Waals surface area contributed by atoms with Crippen LogP contribution in [0.5, 0.6) is 0 Å². The van der Waals surface area contributed by atoms with E-state index in [0.29, 0.717) is 32.2 Å². The van der Waals surface area contributed by atoms with Crippen molar-refractivity contribution in [2.24, 2.45) is 0 Å². The number of allylic oxidation sites excluding steroid dienone is 2. The fourth-order valence-corrected chi connectivity index (χ4v) is 10.3. The third-order valence-corrected chi connectivity index (χ3v) is 13.4. The predicted octanol–water partition coefficient (Wildman–Crippen LogP) is 11.4. The quantitative estimate of drug-likeness (QED) is 0.0818. The molecular weight excluding hydrogens is 909 g/mol. The van der Waals surface area contributed by atoms with Crippen LogP contribution in [0.1, 0.15) is 22.3 Å². The first-order valence-corrected chi connectivity index (χ1v) is 20.6. The van der Waals surface area contributed by atoms with E-state index in [-0.39, 0.29) is 22.2 Å². The van der Waals surface area contributed by atoms with Crippen molar-refractivity contribution in [3.05, 3.63) is 118 Å². The van der Waals surface area contributed by atoms with Crippen LogP contribution in [-0.2, 0) is 0 Å². The Morgan fingerprint density at radius 1 is 0.459 bits per heavy atom. The zero-order valence-electron chi connectivity index (χ0n) is 29.3. The highest BCUT2D eigenvalue weighted by molar-refractivity contribution is 7.27. The molecule has 0 fully saturated rings. The minimum absolute atomic E-state index is 0.221. The molecule has 0 atom stereocenters. The summed E-state index contributed by atoms with van der Waals surface area (Å²) in [5.41, 5.74) is -0.672. The SMILES string of the molecule is N#CC(=Cc1ccc(-c2ccc(-c3nnc(-c4ccc(-c5ccc(C=C(C#N)c6c(F)c(F)nc(F)c6F)c6nsnc56)s4)s3)s2)c2nsnc12)c1c(F)c(F)nc(F)c1F. The van der Waals surface area contributed by atoms with Gasteiger partial charge in [0.2, 0.25) is 0 Å². The van der Waals surface area contributed by atoms with Crippen LogP contribution in [0.3, 0.4) is 0 Å². The number of pyridine rings is 2. The van der Waals surface area contributed by atoms with Gasteiger partial charge in [-0.15, -0.1) is 32.9 Å². The molecule has 9 rings (SSSR count). The normalized spacial score (nSPS) is 12.1. The van der Waals surface area contributed by atoms with E-state index in [2.05, 4.69) is 37.7 Å². The van der Waals surface area contributed by atoms with Gasteiger partial charge in [0.1, 0.15) is 22.1 Å². The largest absolute Gasteiger partial charge is 0.252 e. The Kier molecular flexibility index (Phi) is 10.2. The second-order valence-corrected chi connectivity index (χ2v) is 16.5. The molecule has 298 valence electrons. The van der Waals surface area contributed by atoms with E-state index >= 15 is 0 Å². The zero-order chi connectivity index (χ0) is 42.7. The Morgan fingerprint density at radius 2 is 0.820 bits per heavy atom. The molecule has 9 aromatic rings. The number of benzene rings is 2. The molecule has 0 bridgehead atoms. The van der Waals surface area contributed by atoms with Crippen molar-refractivity contribution in [1.82, 2.24) is 37.7 Å². The summed E-state index contributed by atoms with van der Waals surface area (Å²) in [5, 5.41) is 29.4. The summed E-state index contributed by atoms with van der Waals surface area (Å²) in [6.45, 7) is 0. The van der Waals surface area contributed by atoms with Crippen LogP contribution in [0, 0.1) is 69.7 Å². The van der Waals surface area contributed by atoms with E-state index in [9.17, 15) is 45.6 Å². The topological polar surface area (TPSA) is 151 Å². The number of hydrogen-bond donors (Lipinski definition) is 0. The molecule has 10 nitrogen and oxygen atoms in total. The fraction of sp³-hybridized carbons (Fsp3) is 0. The molecule has 0 aliphatic carbocycles. The highest BCUT2D eigenvalue weighted by Crippen LogP contribution is 2.43. The van der Waals surface area contributed by atoms with E-state index in [1.165, 1.54) is 46.1 Å². The van der Waals surface area contributed by atoms with Crippen LogP contribution < -0.4 is 0 Å². The van der Waals surface area contributed by atoms with Crippen molar-refractivity contribution in [2.45, 2.75) is 0 Å². The van der Waals surface area contributed by atoms with Gasteiger partial charge in [-0.3, -0.25) is 0 Å². The van der Waals surface area contributed by atoms with Gasteiger partial charge in [0, 0.05) is 32.0 Å². The first-order chi connectivity index (χ1) is 29.4. The maximum absolute atomic E-state index is 14.5. The first-order valence-electron chi connectivity index (χ1n) is 16.6. The number of thiophene rings is 2. The molecule has 23 heteroatoms. The Hall–Kier alpha value is -6.76. The van der Waals surface area contributed by atoms with Crippen molar-refractivity contribution in [3.8, 4) is 52.8 Å². The second-order valence-electron chi connectivity index (χ2n) is 12.3. The lowest BCUT2D eigenvalue weighted by Gasteiger charge is -2.06. The third-order valence-electron chi connectivity index (χ3n) is 8.86. The maximum Gasteiger partial charge on any atom is 0.252 e. The second kappa shape index (κ2) is 15.7. The van der Waals surface area contributed by atoms with Crippen LogP contribution >= 0.6 is 57.5 Å². The molecule has 0 saturated carbocycles. The van der Waals surface area contributed by atoms with Gasteiger partial charge in [-0.05, 0) is 36.4 Å². The Morgan fingerprint density at radius 3 is 1.20 bits per heavy atom. The summed E-state index contributed by atoms with van der Waals surface area (Å²) in [5.74, 6) is -14.8. The molecule has 0 saturated heterocycles. The monoisotopic (exact) mass is 918 g/mol. The van der Waals surface area contributed by atoms with Gasteiger partial charge in [0.05, 0.1) is 67.6 Å². The van der Waals surface area contributed by atoms with E-state index in [4.69, 9.17) is 0 Å². The minimum atomic E-state index is -1.90. The molecule has 0 N–H and O–H groups in total. The smallest absolute Gasteiger partial charge is 0.201 e. The van der Waals surface area contributed by atoms with Gasteiger partial charge >= 0.3 is 0 Å². The van der Waals surface area contributed by atoms with Crippen molar-refractivity contribution in [3.63, 3.8) is 0 Å². The average molecular weight is 919 g/mol. The zero-order valence-corrected chi connectivity index (χ0v) is 33.4. The predicted molar refractivity (Wildman–Crippen MR) is 214 cm³/mol. The van der Waals surface area contributed by atoms with Crippen LogP contribution in [-0.4, -0.2) is 37.7 Å². The highest BCUT2D eigenvalue weighted by atomic mass is 32.1. The summed E-state index contributed by atoms with van der Waals surface area (Å²) in [6.07, 6.45) is 2.12. The van der Waals surface area contributed by atoms with Gasteiger partial charge in [-0.2, -0.15) is 55.5 Å². The van der Waals surface area contributed by atoms with Gasteiger partial charge < -0.3 is 0 Å². The molecular formula is C38H10F8N10S5. The maximum atomic E-state index is 14.5. The molecule has 0 amide bonds. The molecule has 2 aromatic carbocycles. The summed E-state index contributed by atoms with van der Waals surface area (Å²) >= 11 is 5.79. The molecule has 0 spiro atoms. The summed E-state index contributed by atoms with van der Waals surface area (Å²) in [7, 11) is 0. The first kappa shape index (κ1) is 39.7. The third kappa shape index (κ3) is 6.91. The van der Waals surface area contributed by atoms with Crippen LogP contribution in [0.2, 0.25) is 0 Å². The van der Waals surface area contributed by atoms with Gasteiger partial charge in [-0.25, -0.2) is 17.6 Å². The van der Waals surface area contributed by atoms with Gasteiger partial charge in [0.25, 0.3) is 23.8 Å². The molecule has 7 heterocycles. The fourth-order valence-electron chi connectivity index (χ4n) is 6.10. The average Bonchev–Trinajstić information content (AvgIpc) is 4.11. The molecule has 7 aromatic heterocycles. The lowest BCUT2D eigenvalue weighted by Crippen LogP contribution is -2.05. The van der Waals surface area contributed by atoms with Crippen LogP contribution in [0.4, 0.5) is 35.1 Å². The Labute approximate surface area is 355 Å². The number of fused-ring (bicyclic) bond motifs is 2. The Bertz CT molecular complexity index is 3150. The van der Waals surface area contributed by atoms with E-state index < -0.39 is 69.3 Å². The number of aromatic nitrogens is 8. The summed E-state index contributed by atoms with van der Waals surface area (Å²) in [4.78, 5) is 8.12. The number of nitrogens with zero attached hydrogens (tertiary/aromatic N) is 10. The van der Waals surface area contributed by atoms with Crippen molar-refractivity contribution < 1.29 is 35.1 Å². The van der Waals surface area contributed by atoms with E-state index in [1.54, 1.807) is 24.3 Å². The van der Waals surface area contributed by atoms with Crippen molar-refractivity contribution >= 4 is 103 Å². The Balaban J connectivity index is 0.986. The van der Waals surface area contributed by atoms with Gasteiger partial charge in [0.15, 0.2) is 33.3 Å². The molecule has 0 radical (unpaired) electrons. The number of nitriles is 2.